The van der Waals surface area contributed by atoms with Gasteiger partial charge in [0.25, 0.3) is 0 Å². The average Bonchev–Trinajstić information content (AvgIpc) is 2.28. The van der Waals surface area contributed by atoms with Gasteiger partial charge >= 0.3 is 0 Å². The number of nitrogen functional groups attached to an aromatic ring is 1. The lowest BCUT2D eigenvalue weighted by molar-refractivity contribution is 0.446. The molecule has 0 amide bonds. The number of hydrogen-bond acceptors (Lipinski definition) is 5. The normalized spacial score (nSPS) is 16.1. The van der Waals surface area contributed by atoms with Crippen LogP contribution in [0.3, 0.4) is 0 Å². The molecule has 0 radical (unpaired) electrons. The highest BCUT2D eigenvalue weighted by Crippen LogP contribution is 2.26. The van der Waals surface area contributed by atoms with Gasteiger partial charge in [-0.2, -0.15) is 4.98 Å². The van der Waals surface area contributed by atoms with Crippen LogP contribution in [0, 0.1) is 0 Å². The van der Waals surface area contributed by atoms with E-state index in [1.165, 1.54) is 0 Å². The molecule has 100 valence electrons. The molecule has 0 aliphatic carbocycles. The Hall–Kier alpha value is -1.36. The predicted molar refractivity (Wildman–Crippen MR) is 74.8 cm³/mol. The molecule has 0 atom stereocenters. The van der Waals surface area contributed by atoms with Crippen LogP contribution in [-0.4, -0.2) is 36.1 Å². The van der Waals surface area contributed by atoms with Gasteiger partial charge in [-0.15, -0.1) is 0 Å². The summed E-state index contributed by atoms with van der Waals surface area (Å²) in [4.78, 5) is 11.0. The molecular weight excluding hydrogens is 226 g/mol. The van der Waals surface area contributed by atoms with E-state index >= 15 is 0 Å². The van der Waals surface area contributed by atoms with Crippen LogP contribution in [0.5, 0.6) is 0 Å². The van der Waals surface area contributed by atoms with Gasteiger partial charge in [-0.25, -0.2) is 4.98 Å². The third-order valence-corrected chi connectivity index (χ3v) is 3.77. The van der Waals surface area contributed by atoms with Crippen molar-refractivity contribution in [3.8, 4) is 0 Å². The van der Waals surface area contributed by atoms with Crippen LogP contribution in [0.25, 0.3) is 0 Å². The summed E-state index contributed by atoms with van der Waals surface area (Å²) >= 11 is 0. The van der Waals surface area contributed by atoms with Gasteiger partial charge in [-0.05, 0) is 19.9 Å². The minimum absolute atomic E-state index is 0.391. The monoisotopic (exact) mass is 249 g/mol. The standard InChI is InChI=1S/C13H23N5/c1-4-9(5-2)11-6-12(17-13(14)16-11)18-7-10(8-18)15-3/h6,9-10,15H,4-5,7-8H2,1-3H3,(H2,14,16,17). The quantitative estimate of drug-likeness (QED) is 0.825. The highest BCUT2D eigenvalue weighted by Gasteiger charge is 2.27. The van der Waals surface area contributed by atoms with Crippen LogP contribution in [-0.2, 0) is 0 Å². The SMILES string of the molecule is CCC(CC)c1cc(N2CC(NC)C2)nc(N)n1. The first kappa shape index (κ1) is 13.1. The zero-order valence-electron chi connectivity index (χ0n) is 11.5. The van der Waals surface area contributed by atoms with Gasteiger partial charge in [0.2, 0.25) is 5.95 Å². The van der Waals surface area contributed by atoms with Crippen LogP contribution in [0.1, 0.15) is 38.3 Å². The third-order valence-electron chi connectivity index (χ3n) is 3.77. The molecule has 2 heterocycles. The second kappa shape index (κ2) is 5.52. The van der Waals surface area contributed by atoms with Crippen LogP contribution in [0.15, 0.2) is 6.07 Å². The Kier molecular flexibility index (Phi) is 4.01. The van der Waals surface area contributed by atoms with Crippen molar-refractivity contribution in [2.24, 2.45) is 0 Å². The Balaban J connectivity index is 2.17. The molecule has 0 spiro atoms. The number of likely N-dealkylation sites (N-methyl/N-ethyl adjacent to an activating group) is 1. The largest absolute Gasteiger partial charge is 0.368 e. The number of hydrogen-bond donors (Lipinski definition) is 2. The summed E-state index contributed by atoms with van der Waals surface area (Å²) in [5.74, 6) is 1.84. The van der Waals surface area contributed by atoms with Crippen molar-refractivity contribution in [3.05, 3.63) is 11.8 Å². The van der Waals surface area contributed by atoms with Crippen molar-refractivity contribution in [3.63, 3.8) is 0 Å². The van der Waals surface area contributed by atoms with Crippen LogP contribution in [0.2, 0.25) is 0 Å². The molecule has 1 aliphatic rings. The molecular formula is C13H23N5. The van der Waals surface area contributed by atoms with Crippen molar-refractivity contribution in [1.82, 2.24) is 15.3 Å². The van der Waals surface area contributed by atoms with E-state index in [2.05, 4.69) is 40.1 Å². The molecule has 18 heavy (non-hydrogen) atoms. The molecule has 1 saturated heterocycles. The number of aromatic nitrogens is 2. The van der Waals surface area contributed by atoms with Crippen LogP contribution < -0.4 is 16.0 Å². The van der Waals surface area contributed by atoms with E-state index in [0.717, 1.165) is 37.4 Å². The van der Waals surface area contributed by atoms with E-state index in [4.69, 9.17) is 5.73 Å². The van der Waals surface area contributed by atoms with Crippen LogP contribution in [0.4, 0.5) is 11.8 Å². The second-order valence-electron chi connectivity index (χ2n) is 4.91. The van der Waals surface area contributed by atoms with E-state index < -0.39 is 0 Å². The molecule has 1 aliphatic heterocycles. The molecule has 0 saturated carbocycles. The predicted octanol–water partition coefficient (Wildman–Crippen LogP) is 1.37. The Labute approximate surface area is 109 Å². The van der Waals surface area contributed by atoms with Crippen molar-refractivity contribution in [1.29, 1.82) is 0 Å². The molecule has 1 aromatic heterocycles. The smallest absolute Gasteiger partial charge is 0.222 e. The molecule has 5 nitrogen and oxygen atoms in total. The lowest BCUT2D eigenvalue weighted by atomic mass is 9.99. The fourth-order valence-corrected chi connectivity index (χ4v) is 2.40. The van der Waals surface area contributed by atoms with Gasteiger partial charge in [0.15, 0.2) is 0 Å². The van der Waals surface area contributed by atoms with E-state index in [1.54, 1.807) is 0 Å². The summed E-state index contributed by atoms with van der Waals surface area (Å²) < 4.78 is 0. The summed E-state index contributed by atoms with van der Waals surface area (Å²) in [6.45, 7) is 6.37. The third kappa shape index (κ3) is 2.56. The number of nitrogens with two attached hydrogens (primary N) is 1. The second-order valence-corrected chi connectivity index (χ2v) is 4.91. The zero-order valence-corrected chi connectivity index (χ0v) is 11.5. The van der Waals surface area contributed by atoms with Crippen molar-refractivity contribution < 1.29 is 0 Å². The summed E-state index contributed by atoms with van der Waals surface area (Å²) in [5.41, 5.74) is 6.90. The molecule has 1 aromatic rings. The maximum Gasteiger partial charge on any atom is 0.222 e. The number of nitrogens with zero attached hydrogens (tertiary/aromatic N) is 3. The fourth-order valence-electron chi connectivity index (χ4n) is 2.40. The van der Waals surface area contributed by atoms with Crippen molar-refractivity contribution in [2.75, 3.05) is 30.8 Å². The van der Waals surface area contributed by atoms with E-state index in [1.807, 2.05) is 7.05 Å². The first-order chi connectivity index (χ1) is 8.67. The van der Waals surface area contributed by atoms with Crippen molar-refractivity contribution in [2.45, 2.75) is 38.6 Å². The maximum absolute atomic E-state index is 5.83. The van der Waals surface area contributed by atoms with Gasteiger partial charge in [0, 0.05) is 31.1 Å². The lowest BCUT2D eigenvalue weighted by Gasteiger charge is -2.40. The average molecular weight is 249 g/mol. The summed E-state index contributed by atoms with van der Waals surface area (Å²) in [6, 6.07) is 2.66. The minimum atomic E-state index is 0.391. The highest BCUT2D eigenvalue weighted by atomic mass is 15.3. The molecule has 0 aromatic carbocycles. The lowest BCUT2D eigenvalue weighted by Crippen LogP contribution is -2.57. The Morgan fingerprint density at radius 3 is 2.61 bits per heavy atom. The Morgan fingerprint density at radius 1 is 1.39 bits per heavy atom. The van der Waals surface area contributed by atoms with E-state index in [0.29, 0.717) is 17.9 Å². The van der Waals surface area contributed by atoms with E-state index in [9.17, 15) is 0 Å². The molecule has 5 heteroatoms. The molecule has 1 fully saturated rings. The first-order valence-electron chi connectivity index (χ1n) is 6.74. The summed E-state index contributed by atoms with van der Waals surface area (Å²) in [7, 11) is 1.99. The molecule has 0 unspecified atom stereocenters. The number of nitrogens with one attached hydrogen (secondary N) is 1. The highest BCUT2D eigenvalue weighted by molar-refractivity contribution is 5.47. The Morgan fingerprint density at radius 2 is 2.06 bits per heavy atom. The summed E-state index contributed by atoms with van der Waals surface area (Å²) in [5, 5.41) is 3.26. The summed E-state index contributed by atoms with van der Waals surface area (Å²) in [6.07, 6.45) is 2.18. The molecule has 2 rings (SSSR count). The van der Waals surface area contributed by atoms with Gasteiger partial charge < -0.3 is 16.0 Å². The topological polar surface area (TPSA) is 67.1 Å². The number of anilines is 2. The van der Waals surface area contributed by atoms with Gasteiger partial charge in [-0.3, -0.25) is 0 Å². The molecule has 0 bridgehead atoms. The first-order valence-corrected chi connectivity index (χ1v) is 6.74. The van der Waals surface area contributed by atoms with Gasteiger partial charge in [-0.1, -0.05) is 13.8 Å². The minimum Gasteiger partial charge on any atom is -0.368 e. The zero-order chi connectivity index (χ0) is 13.1. The van der Waals surface area contributed by atoms with Crippen LogP contribution >= 0.6 is 0 Å². The van der Waals surface area contributed by atoms with E-state index in [-0.39, 0.29) is 0 Å². The fraction of sp³-hybridized carbons (Fsp3) is 0.692. The van der Waals surface area contributed by atoms with Gasteiger partial charge in [0.1, 0.15) is 5.82 Å². The van der Waals surface area contributed by atoms with Gasteiger partial charge in [0.05, 0.1) is 5.69 Å². The maximum atomic E-state index is 5.83. The Bertz CT molecular complexity index is 396. The van der Waals surface area contributed by atoms with Crippen molar-refractivity contribution >= 4 is 11.8 Å². The molecule has 3 N–H and O–H groups in total. The number of rotatable bonds is 5.